The molecule has 1 heterocycles. The minimum Gasteiger partial charge on any atom is -0.508 e. The van der Waals surface area contributed by atoms with E-state index in [0.717, 1.165) is 16.8 Å². The molecule has 1 aromatic heterocycles. The van der Waals surface area contributed by atoms with Gasteiger partial charge in [0.05, 0.1) is 11.3 Å². The van der Waals surface area contributed by atoms with Gasteiger partial charge in [0.2, 0.25) is 0 Å². The van der Waals surface area contributed by atoms with Crippen LogP contribution in [-0.4, -0.2) is 10.1 Å². The highest BCUT2D eigenvalue weighted by Crippen LogP contribution is 2.29. The number of nitriles is 1. The standard InChI is InChI=1S/C20H16N2OS/c1-13-3-8-18(14(2)9-13)19-12-24-20(22-19)16(11-21)10-15-4-6-17(23)7-5-15/h3-10,12,23H,1-2H3/b16-10-. The number of allylic oxidation sites excluding steroid dienone is 1. The highest BCUT2D eigenvalue weighted by atomic mass is 32.1. The first-order chi connectivity index (χ1) is 11.6. The molecule has 0 aliphatic carbocycles. The van der Waals surface area contributed by atoms with Crippen LogP contribution in [-0.2, 0) is 0 Å². The zero-order valence-electron chi connectivity index (χ0n) is 13.4. The molecule has 0 spiro atoms. The summed E-state index contributed by atoms with van der Waals surface area (Å²) < 4.78 is 0. The summed E-state index contributed by atoms with van der Waals surface area (Å²) in [6, 6.07) is 15.2. The van der Waals surface area contributed by atoms with Crippen LogP contribution in [0, 0.1) is 25.2 Å². The smallest absolute Gasteiger partial charge is 0.134 e. The maximum Gasteiger partial charge on any atom is 0.134 e. The Morgan fingerprint density at radius 3 is 2.58 bits per heavy atom. The van der Waals surface area contributed by atoms with Crippen LogP contribution in [0.2, 0.25) is 0 Å². The van der Waals surface area contributed by atoms with Crippen LogP contribution in [0.3, 0.4) is 0 Å². The summed E-state index contributed by atoms with van der Waals surface area (Å²) in [6.07, 6.45) is 1.78. The number of thiazole rings is 1. The van der Waals surface area contributed by atoms with Crippen LogP contribution in [0.4, 0.5) is 0 Å². The minimum absolute atomic E-state index is 0.206. The van der Waals surface area contributed by atoms with Gasteiger partial charge in [-0.05, 0) is 43.2 Å². The fraction of sp³-hybridized carbons (Fsp3) is 0.100. The molecule has 0 atom stereocenters. The lowest BCUT2D eigenvalue weighted by Gasteiger charge is -2.03. The first kappa shape index (κ1) is 16.0. The predicted molar refractivity (Wildman–Crippen MR) is 98.6 cm³/mol. The molecule has 118 valence electrons. The number of phenolic OH excluding ortho intramolecular Hbond substituents is 1. The van der Waals surface area contributed by atoms with Crippen LogP contribution in [0.25, 0.3) is 22.9 Å². The van der Waals surface area contributed by atoms with Crippen LogP contribution in [0.1, 0.15) is 21.7 Å². The Hall–Kier alpha value is -2.90. The lowest BCUT2D eigenvalue weighted by molar-refractivity contribution is 0.475. The normalized spacial score (nSPS) is 11.3. The van der Waals surface area contributed by atoms with Crippen molar-refractivity contribution in [3.8, 4) is 23.1 Å². The topological polar surface area (TPSA) is 56.9 Å². The second kappa shape index (κ2) is 6.69. The van der Waals surface area contributed by atoms with E-state index in [-0.39, 0.29) is 5.75 Å². The Balaban J connectivity index is 1.96. The number of aryl methyl sites for hydroxylation is 2. The second-order valence-corrected chi connectivity index (χ2v) is 6.48. The molecule has 0 amide bonds. The van der Waals surface area contributed by atoms with Crippen molar-refractivity contribution in [3.05, 3.63) is 69.5 Å². The predicted octanol–water partition coefficient (Wildman–Crippen LogP) is 5.20. The number of hydrogen-bond donors (Lipinski definition) is 1. The molecule has 1 N–H and O–H groups in total. The minimum atomic E-state index is 0.206. The Labute approximate surface area is 145 Å². The number of nitrogens with zero attached hydrogens (tertiary/aromatic N) is 2. The molecule has 0 aliphatic heterocycles. The molecule has 4 heteroatoms. The molecule has 2 aromatic carbocycles. The van der Waals surface area contributed by atoms with Crippen molar-refractivity contribution < 1.29 is 5.11 Å². The van der Waals surface area contributed by atoms with Gasteiger partial charge in [0, 0.05) is 10.9 Å². The van der Waals surface area contributed by atoms with Gasteiger partial charge in [-0.1, -0.05) is 35.9 Å². The van der Waals surface area contributed by atoms with E-state index in [9.17, 15) is 10.4 Å². The molecule has 3 aromatic rings. The Kier molecular flexibility index (Phi) is 4.45. The second-order valence-electron chi connectivity index (χ2n) is 5.62. The highest BCUT2D eigenvalue weighted by molar-refractivity contribution is 7.11. The number of hydrogen-bond acceptors (Lipinski definition) is 4. The van der Waals surface area contributed by atoms with Gasteiger partial charge in [-0.15, -0.1) is 11.3 Å². The Bertz CT molecular complexity index is 947. The Morgan fingerprint density at radius 1 is 1.17 bits per heavy atom. The van der Waals surface area contributed by atoms with Crippen molar-refractivity contribution in [1.29, 1.82) is 5.26 Å². The van der Waals surface area contributed by atoms with E-state index in [0.29, 0.717) is 10.6 Å². The molecule has 0 radical (unpaired) electrons. The van der Waals surface area contributed by atoms with Crippen molar-refractivity contribution in [2.24, 2.45) is 0 Å². The van der Waals surface area contributed by atoms with Gasteiger partial charge in [0.25, 0.3) is 0 Å². The number of rotatable bonds is 3. The molecule has 0 aliphatic rings. The lowest BCUT2D eigenvalue weighted by Crippen LogP contribution is -1.86. The number of aromatic hydroxyl groups is 1. The van der Waals surface area contributed by atoms with Crippen molar-refractivity contribution in [2.45, 2.75) is 13.8 Å². The number of phenols is 1. The molecular weight excluding hydrogens is 316 g/mol. The van der Waals surface area contributed by atoms with E-state index >= 15 is 0 Å². The third-order valence-corrected chi connectivity index (χ3v) is 4.59. The van der Waals surface area contributed by atoms with Gasteiger partial charge < -0.3 is 5.11 Å². The van der Waals surface area contributed by atoms with Gasteiger partial charge in [-0.25, -0.2) is 4.98 Å². The summed E-state index contributed by atoms with van der Waals surface area (Å²) in [5.41, 5.74) is 5.74. The third-order valence-electron chi connectivity index (χ3n) is 3.72. The monoisotopic (exact) mass is 332 g/mol. The fourth-order valence-electron chi connectivity index (χ4n) is 2.50. The molecule has 3 nitrogen and oxygen atoms in total. The average Bonchev–Trinajstić information content (AvgIpc) is 3.04. The summed E-state index contributed by atoms with van der Waals surface area (Å²) in [5, 5.41) is 21.5. The van der Waals surface area contributed by atoms with Crippen molar-refractivity contribution in [3.63, 3.8) is 0 Å². The van der Waals surface area contributed by atoms with Gasteiger partial charge in [-0.3, -0.25) is 0 Å². The molecule has 0 bridgehead atoms. The first-order valence-electron chi connectivity index (χ1n) is 7.51. The zero-order valence-corrected chi connectivity index (χ0v) is 14.3. The van der Waals surface area contributed by atoms with Crippen LogP contribution in [0.5, 0.6) is 5.75 Å². The maximum absolute atomic E-state index is 9.47. The van der Waals surface area contributed by atoms with Crippen molar-refractivity contribution in [2.75, 3.05) is 0 Å². The largest absolute Gasteiger partial charge is 0.508 e. The molecule has 0 unspecified atom stereocenters. The van der Waals surface area contributed by atoms with E-state index < -0.39 is 0 Å². The molecule has 0 saturated carbocycles. The summed E-state index contributed by atoms with van der Waals surface area (Å²) in [4.78, 5) is 4.63. The lowest BCUT2D eigenvalue weighted by atomic mass is 10.0. The Morgan fingerprint density at radius 2 is 1.92 bits per heavy atom. The van der Waals surface area contributed by atoms with E-state index in [1.165, 1.54) is 22.5 Å². The van der Waals surface area contributed by atoms with E-state index in [1.807, 2.05) is 5.38 Å². The van der Waals surface area contributed by atoms with E-state index in [4.69, 9.17) is 0 Å². The quantitative estimate of drug-likeness (QED) is 0.671. The molecule has 24 heavy (non-hydrogen) atoms. The summed E-state index contributed by atoms with van der Waals surface area (Å²) >= 11 is 1.46. The van der Waals surface area contributed by atoms with Gasteiger partial charge in [-0.2, -0.15) is 5.26 Å². The third kappa shape index (κ3) is 3.37. The van der Waals surface area contributed by atoms with Gasteiger partial charge in [0.1, 0.15) is 16.8 Å². The zero-order chi connectivity index (χ0) is 17.1. The number of aromatic nitrogens is 1. The summed E-state index contributed by atoms with van der Waals surface area (Å²) in [6.45, 7) is 4.14. The van der Waals surface area contributed by atoms with Crippen LogP contribution >= 0.6 is 11.3 Å². The molecular formula is C20H16N2OS. The molecule has 0 fully saturated rings. The fourth-order valence-corrected chi connectivity index (χ4v) is 3.29. The van der Waals surface area contributed by atoms with Gasteiger partial charge >= 0.3 is 0 Å². The van der Waals surface area contributed by atoms with Crippen LogP contribution in [0.15, 0.2) is 47.8 Å². The summed E-state index contributed by atoms with van der Waals surface area (Å²) in [5.74, 6) is 0.206. The van der Waals surface area contributed by atoms with Crippen molar-refractivity contribution >= 4 is 23.0 Å². The molecule has 3 rings (SSSR count). The highest BCUT2D eigenvalue weighted by Gasteiger charge is 2.10. The number of benzene rings is 2. The van der Waals surface area contributed by atoms with Gasteiger partial charge in [0.15, 0.2) is 0 Å². The van der Waals surface area contributed by atoms with Crippen molar-refractivity contribution in [1.82, 2.24) is 4.98 Å². The first-order valence-corrected chi connectivity index (χ1v) is 8.39. The van der Waals surface area contributed by atoms with E-state index in [2.05, 4.69) is 43.1 Å². The SMILES string of the molecule is Cc1ccc(-c2csc(/C(C#N)=C\c3ccc(O)cc3)n2)c(C)c1. The summed E-state index contributed by atoms with van der Waals surface area (Å²) in [7, 11) is 0. The van der Waals surface area contributed by atoms with E-state index in [1.54, 1.807) is 30.3 Å². The average molecular weight is 332 g/mol. The maximum atomic E-state index is 9.47. The molecule has 0 saturated heterocycles. The van der Waals surface area contributed by atoms with Crippen LogP contribution < -0.4 is 0 Å².